The molecule has 5 rings (SSSR count). The van der Waals surface area contributed by atoms with Crippen LogP contribution >= 0.6 is 49.9 Å². The summed E-state index contributed by atoms with van der Waals surface area (Å²) in [6.07, 6.45) is 1.82. The van der Waals surface area contributed by atoms with Gasteiger partial charge in [-0.15, -0.1) is 0 Å². The van der Waals surface area contributed by atoms with E-state index in [1.54, 1.807) is 18.6 Å². The molecule has 4 aromatic rings. The second-order valence-corrected chi connectivity index (χ2v) is 12.8. The highest BCUT2D eigenvalue weighted by Crippen LogP contribution is 2.36. The molecular weight excluding hydrogens is 715 g/mol. The molecule has 210 valence electrons. The zero-order valence-corrected chi connectivity index (χ0v) is 27.5. The van der Waals surface area contributed by atoms with Gasteiger partial charge in [-0.2, -0.15) is 0 Å². The molecule has 0 saturated heterocycles. The largest absolute Gasteiger partial charge is 0.495 e. The fourth-order valence-electron chi connectivity index (χ4n) is 4.86. The van der Waals surface area contributed by atoms with Gasteiger partial charge in [0.05, 0.1) is 39.1 Å². The van der Waals surface area contributed by atoms with Crippen molar-refractivity contribution < 1.29 is 14.3 Å². The Morgan fingerprint density at radius 2 is 1.85 bits per heavy atom. The minimum absolute atomic E-state index is 0.204. The van der Waals surface area contributed by atoms with Crippen LogP contribution in [0, 0.1) is 3.57 Å². The predicted molar refractivity (Wildman–Crippen MR) is 175 cm³/mol. The third kappa shape index (κ3) is 5.85. The van der Waals surface area contributed by atoms with Gasteiger partial charge in [0.25, 0.3) is 5.56 Å². The average molecular weight is 743 g/mol. The van der Waals surface area contributed by atoms with Crippen molar-refractivity contribution in [1.29, 1.82) is 0 Å². The van der Waals surface area contributed by atoms with E-state index in [-0.39, 0.29) is 12.2 Å². The molecule has 0 fully saturated rings. The van der Waals surface area contributed by atoms with Gasteiger partial charge in [-0.05, 0) is 64.8 Å². The molecular formula is C32H28BrIN2O4S. The number of rotatable bonds is 7. The van der Waals surface area contributed by atoms with Crippen LogP contribution in [0.3, 0.4) is 0 Å². The van der Waals surface area contributed by atoms with Gasteiger partial charge in [0.15, 0.2) is 4.80 Å². The van der Waals surface area contributed by atoms with E-state index in [9.17, 15) is 9.59 Å². The summed E-state index contributed by atoms with van der Waals surface area (Å²) in [7, 11) is 1.61. The Morgan fingerprint density at radius 1 is 1.15 bits per heavy atom. The maximum atomic E-state index is 14.2. The number of carbonyl (C=O) groups excluding carboxylic acids is 1. The van der Waals surface area contributed by atoms with Crippen LogP contribution in [0.1, 0.15) is 55.0 Å². The van der Waals surface area contributed by atoms with Crippen molar-refractivity contribution in [3.05, 3.63) is 122 Å². The standard InChI is InChI=1S/C32H28BrIN2O4S/c1-5-40-31(38)26-27(20-9-7-6-8-10-20)35-32-36(28(26)21-13-11-19(12-14-21)18(2)3)30(37)25(41-32)16-22-15-23(33)17-24(34)29(22)39-4/h6-18,28H,5H2,1-4H3/b25-16-/t28-/m1/s1. The summed E-state index contributed by atoms with van der Waals surface area (Å²) >= 11 is 7.06. The molecule has 0 N–H and O–H groups in total. The topological polar surface area (TPSA) is 69.9 Å². The molecule has 0 amide bonds. The Bertz CT molecular complexity index is 1830. The fraction of sp³-hybridized carbons (Fsp3) is 0.219. The molecule has 0 bridgehead atoms. The van der Waals surface area contributed by atoms with Gasteiger partial charge in [0.2, 0.25) is 0 Å². The lowest BCUT2D eigenvalue weighted by molar-refractivity contribution is -0.138. The van der Waals surface area contributed by atoms with Crippen LogP contribution < -0.4 is 19.6 Å². The first kappa shape index (κ1) is 29.5. The van der Waals surface area contributed by atoms with Gasteiger partial charge < -0.3 is 9.47 Å². The molecule has 0 radical (unpaired) electrons. The summed E-state index contributed by atoms with van der Waals surface area (Å²) in [5.41, 5.74) is 4.12. The Balaban J connectivity index is 1.83. The maximum Gasteiger partial charge on any atom is 0.338 e. The Hall–Kier alpha value is -3.02. The van der Waals surface area contributed by atoms with Crippen molar-refractivity contribution in [2.45, 2.75) is 32.7 Å². The van der Waals surface area contributed by atoms with E-state index in [2.05, 4.69) is 64.5 Å². The van der Waals surface area contributed by atoms with Crippen molar-refractivity contribution in [2.75, 3.05) is 13.7 Å². The monoisotopic (exact) mass is 742 g/mol. The third-order valence-corrected chi connectivity index (χ3v) is 9.06. The zero-order chi connectivity index (χ0) is 29.3. The van der Waals surface area contributed by atoms with E-state index in [0.29, 0.717) is 32.3 Å². The highest BCUT2D eigenvalue weighted by molar-refractivity contribution is 14.1. The number of fused-ring (bicyclic) bond motifs is 1. The number of methoxy groups -OCH3 is 1. The number of nitrogens with zero attached hydrogens (tertiary/aromatic N) is 2. The molecule has 1 aliphatic rings. The van der Waals surface area contributed by atoms with E-state index in [0.717, 1.165) is 24.7 Å². The van der Waals surface area contributed by atoms with Crippen molar-refractivity contribution in [3.8, 4) is 5.75 Å². The second-order valence-electron chi connectivity index (χ2n) is 9.76. The number of hydrogen-bond donors (Lipinski definition) is 0. The predicted octanol–water partition coefficient (Wildman–Crippen LogP) is 6.43. The Labute approximate surface area is 264 Å². The number of thiazole rings is 1. The second kappa shape index (κ2) is 12.5. The zero-order valence-electron chi connectivity index (χ0n) is 23.0. The highest BCUT2D eigenvalue weighted by Gasteiger charge is 2.35. The smallest absolute Gasteiger partial charge is 0.338 e. The molecule has 0 aliphatic carbocycles. The third-order valence-electron chi connectivity index (χ3n) is 6.82. The molecule has 41 heavy (non-hydrogen) atoms. The molecule has 1 aromatic heterocycles. The number of halogens is 2. The first-order chi connectivity index (χ1) is 19.7. The van der Waals surface area contributed by atoms with Crippen LogP contribution in [0.2, 0.25) is 0 Å². The summed E-state index contributed by atoms with van der Waals surface area (Å²) in [4.78, 5) is 33.2. The molecule has 3 aromatic carbocycles. The van der Waals surface area contributed by atoms with Crippen LogP contribution in [0.5, 0.6) is 5.75 Å². The Morgan fingerprint density at radius 3 is 2.49 bits per heavy atom. The lowest BCUT2D eigenvalue weighted by Crippen LogP contribution is -2.40. The lowest BCUT2D eigenvalue weighted by Gasteiger charge is -2.26. The molecule has 2 heterocycles. The molecule has 9 heteroatoms. The number of ether oxygens (including phenoxy) is 2. The van der Waals surface area contributed by atoms with Gasteiger partial charge in [-0.1, -0.05) is 95.7 Å². The number of hydrogen-bond acceptors (Lipinski definition) is 6. The van der Waals surface area contributed by atoms with Gasteiger partial charge in [-0.25, -0.2) is 9.79 Å². The van der Waals surface area contributed by atoms with Crippen LogP contribution in [0.15, 0.2) is 86.6 Å². The molecule has 0 saturated carbocycles. The van der Waals surface area contributed by atoms with Gasteiger partial charge in [-0.3, -0.25) is 9.36 Å². The minimum Gasteiger partial charge on any atom is -0.495 e. The quantitative estimate of drug-likeness (QED) is 0.162. The normalized spacial score (nSPS) is 15.1. The highest BCUT2D eigenvalue weighted by atomic mass is 127. The van der Waals surface area contributed by atoms with Crippen LogP contribution in [0.4, 0.5) is 0 Å². The summed E-state index contributed by atoms with van der Waals surface area (Å²) in [6, 6.07) is 20.8. The van der Waals surface area contributed by atoms with Crippen molar-refractivity contribution in [2.24, 2.45) is 4.99 Å². The maximum absolute atomic E-state index is 14.2. The molecule has 6 nitrogen and oxygen atoms in total. The van der Waals surface area contributed by atoms with Crippen LogP contribution in [0.25, 0.3) is 11.8 Å². The van der Waals surface area contributed by atoms with Gasteiger partial charge in [0, 0.05) is 15.6 Å². The first-order valence-corrected chi connectivity index (χ1v) is 15.8. The van der Waals surface area contributed by atoms with Crippen molar-refractivity contribution in [3.63, 3.8) is 0 Å². The van der Waals surface area contributed by atoms with Crippen molar-refractivity contribution >= 4 is 67.6 Å². The molecule has 0 unspecified atom stereocenters. The number of benzene rings is 3. The number of aromatic nitrogens is 1. The summed E-state index contributed by atoms with van der Waals surface area (Å²) in [6.45, 7) is 6.24. The van der Waals surface area contributed by atoms with E-state index < -0.39 is 12.0 Å². The number of esters is 1. The lowest BCUT2D eigenvalue weighted by atomic mass is 9.91. The van der Waals surface area contributed by atoms with Crippen LogP contribution in [-0.2, 0) is 9.53 Å². The molecule has 1 aliphatic heterocycles. The van der Waals surface area contributed by atoms with Gasteiger partial charge >= 0.3 is 5.97 Å². The minimum atomic E-state index is -0.714. The summed E-state index contributed by atoms with van der Waals surface area (Å²) < 4.78 is 15.1. The van der Waals surface area contributed by atoms with E-state index >= 15 is 0 Å². The first-order valence-electron chi connectivity index (χ1n) is 13.1. The SMILES string of the molecule is CCOC(=O)C1=C(c2ccccc2)N=c2s/c(=C\c3cc(Br)cc(I)c3OC)c(=O)n2[C@@H]1c1ccc(C(C)C)cc1. The summed E-state index contributed by atoms with van der Waals surface area (Å²) in [5.74, 6) is 0.525. The molecule has 1 atom stereocenters. The van der Waals surface area contributed by atoms with E-state index in [1.165, 1.54) is 16.9 Å². The average Bonchev–Trinajstić information content (AvgIpc) is 3.26. The summed E-state index contributed by atoms with van der Waals surface area (Å²) in [5, 5.41) is 0. The Kier molecular flexibility index (Phi) is 8.96. The van der Waals surface area contributed by atoms with Crippen molar-refractivity contribution in [1.82, 2.24) is 4.57 Å². The van der Waals surface area contributed by atoms with Crippen LogP contribution in [-0.4, -0.2) is 24.3 Å². The molecule has 0 spiro atoms. The number of carbonyl (C=O) groups is 1. The van der Waals surface area contributed by atoms with E-state index in [1.807, 2.05) is 60.7 Å². The fourth-order valence-corrected chi connectivity index (χ4v) is 7.63. The van der Waals surface area contributed by atoms with Gasteiger partial charge in [0.1, 0.15) is 5.75 Å². The van der Waals surface area contributed by atoms with E-state index in [4.69, 9.17) is 14.5 Å².